The second kappa shape index (κ2) is 5.53. The van der Waals surface area contributed by atoms with Crippen molar-refractivity contribution in [3.63, 3.8) is 0 Å². The monoisotopic (exact) mass is 360 g/mol. The Kier molecular flexibility index (Phi) is 3.58. The van der Waals surface area contributed by atoms with E-state index in [4.69, 9.17) is 33.3 Å². The summed E-state index contributed by atoms with van der Waals surface area (Å²) in [6, 6.07) is 13.6. The van der Waals surface area contributed by atoms with Gasteiger partial charge in [0.15, 0.2) is 22.3 Å². The van der Waals surface area contributed by atoms with E-state index in [1.54, 1.807) is 7.11 Å². The van der Waals surface area contributed by atoms with Crippen molar-refractivity contribution in [2.45, 2.75) is 25.1 Å². The van der Waals surface area contributed by atoms with Gasteiger partial charge < -0.3 is 14.8 Å². The maximum atomic E-state index is 6.42. The molecule has 0 aliphatic carbocycles. The Balaban J connectivity index is 1.85. The normalized spacial score (nSPS) is 24.7. The molecule has 4 rings (SSSR count). The molecule has 1 N–H and O–H groups in total. The average molecular weight is 361 g/mol. The van der Waals surface area contributed by atoms with E-state index in [1.807, 2.05) is 54.3 Å². The van der Waals surface area contributed by atoms with Crippen LogP contribution in [0.1, 0.15) is 24.9 Å². The summed E-state index contributed by atoms with van der Waals surface area (Å²) in [5, 5.41) is 4.66. The third-order valence-electron chi connectivity index (χ3n) is 4.58. The van der Waals surface area contributed by atoms with E-state index in [2.05, 4.69) is 5.32 Å². The number of hydrogen-bond acceptors (Lipinski definition) is 3. The summed E-state index contributed by atoms with van der Waals surface area (Å²) >= 11 is 12.0. The third-order valence-corrected chi connectivity index (χ3v) is 5.20. The number of ether oxygens (including phenoxy) is 2. The zero-order chi connectivity index (χ0) is 16.9. The van der Waals surface area contributed by atoms with Gasteiger partial charge in [-0.2, -0.15) is 0 Å². The fourth-order valence-electron chi connectivity index (χ4n) is 3.52. The number of fused-ring (bicyclic) bond motifs is 4. The highest BCUT2D eigenvalue weighted by atomic mass is 35.5. The summed E-state index contributed by atoms with van der Waals surface area (Å²) in [5.74, 6) is 1.47. The highest BCUT2D eigenvalue weighted by Crippen LogP contribution is 2.49. The number of hydrogen-bond donors (Lipinski definition) is 1. The first-order valence-corrected chi connectivity index (χ1v) is 8.53. The molecule has 1 saturated heterocycles. The Morgan fingerprint density at radius 2 is 2.08 bits per heavy atom. The summed E-state index contributed by atoms with van der Waals surface area (Å²) in [4.78, 5) is 1.95. The van der Waals surface area contributed by atoms with Gasteiger partial charge in [0.05, 0.1) is 23.9 Å². The van der Waals surface area contributed by atoms with Gasteiger partial charge in [-0.15, -0.1) is 0 Å². The molecule has 4 nitrogen and oxygen atoms in total. The summed E-state index contributed by atoms with van der Waals surface area (Å²) in [6.07, 6.45) is 0.749. The number of rotatable bonds is 2. The Hall–Kier alpha value is -1.98. The van der Waals surface area contributed by atoms with Crippen LogP contribution in [0.3, 0.4) is 0 Å². The van der Waals surface area contributed by atoms with Crippen LogP contribution < -0.4 is 19.7 Å². The molecule has 0 amide bonds. The zero-order valence-electron chi connectivity index (χ0n) is 13.4. The standard InChI is InChI=1S/C18H17ClN2O2S/c1-18-10-13(11-6-5-9-15(22-2)16(11)23-18)20-17(24)21(18)14-8-4-3-7-12(14)19/h3-9,13H,10H2,1-2H3,(H,20,24)/t13-,18+/m1/s1. The second-order valence-electron chi connectivity index (χ2n) is 6.15. The average Bonchev–Trinajstić information content (AvgIpc) is 2.55. The van der Waals surface area contributed by atoms with Crippen LogP contribution in [0.15, 0.2) is 42.5 Å². The van der Waals surface area contributed by atoms with Crippen LogP contribution in [0.2, 0.25) is 5.02 Å². The van der Waals surface area contributed by atoms with Gasteiger partial charge in [-0.3, -0.25) is 4.90 Å². The minimum Gasteiger partial charge on any atom is -0.493 e. The van der Waals surface area contributed by atoms with Crippen molar-refractivity contribution in [1.82, 2.24) is 5.32 Å². The molecule has 0 unspecified atom stereocenters. The molecular weight excluding hydrogens is 344 g/mol. The number of halogens is 1. The minimum atomic E-state index is -0.639. The molecule has 24 heavy (non-hydrogen) atoms. The van der Waals surface area contributed by atoms with Gasteiger partial charge in [0.1, 0.15) is 0 Å². The van der Waals surface area contributed by atoms with E-state index in [0.717, 1.165) is 29.2 Å². The van der Waals surface area contributed by atoms with E-state index in [-0.39, 0.29) is 6.04 Å². The lowest BCUT2D eigenvalue weighted by Gasteiger charge is -2.52. The number of anilines is 1. The SMILES string of the molecule is COc1cccc2c1O[C@@]1(C)C[C@H]2NC(=S)N1c1ccccc1Cl. The molecule has 2 aliphatic heterocycles. The van der Waals surface area contributed by atoms with Crippen LogP contribution in [0.25, 0.3) is 0 Å². The summed E-state index contributed by atoms with van der Waals surface area (Å²) < 4.78 is 11.9. The first-order chi connectivity index (χ1) is 11.5. The Labute approximate surface area is 151 Å². The number of para-hydroxylation sites is 2. The van der Waals surface area contributed by atoms with E-state index < -0.39 is 5.72 Å². The molecule has 0 radical (unpaired) electrons. The lowest BCUT2D eigenvalue weighted by molar-refractivity contribution is 0.0464. The Morgan fingerprint density at radius 3 is 2.83 bits per heavy atom. The molecule has 1 fully saturated rings. The van der Waals surface area contributed by atoms with Gasteiger partial charge in [0.2, 0.25) is 0 Å². The van der Waals surface area contributed by atoms with Crippen LogP contribution in [-0.4, -0.2) is 17.9 Å². The maximum absolute atomic E-state index is 6.42. The van der Waals surface area contributed by atoms with Gasteiger partial charge in [-0.05, 0) is 37.3 Å². The summed E-state index contributed by atoms with van der Waals surface area (Å²) in [7, 11) is 1.65. The molecular formula is C18H17ClN2O2S. The lowest BCUT2D eigenvalue weighted by atomic mass is 9.90. The van der Waals surface area contributed by atoms with Gasteiger partial charge in [-0.25, -0.2) is 0 Å². The molecule has 6 heteroatoms. The van der Waals surface area contributed by atoms with Crippen LogP contribution in [0.5, 0.6) is 11.5 Å². The summed E-state index contributed by atoms with van der Waals surface area (Å²) in [5.41, 5.74) is 1.25. The highest BCUT2D eigenvalue weighted by molar-refractivity contribution is 7.80. The van der Waals surface area contributed by atoms with Gasteiger partial charge in [-0.1, -0.05) is 35.9 Å². The molecule has 0 spiro atoms. The number of nitrogens with zero attached hydrogens (tertiary/aromatic N) is 1. The molecule has 124 valence electrons. The molecule has 2 heterocycles. The number of benzene rings is 2. The molecule has 2 bridgehead atoms. The van der Waals surface area contributed by atoms with Crippen molar-refractivity contribution in [3.8, 4) is 11.5 Å². The molecule has 2 aromatic rings. The first-order valence-electron chi connectivity index (χ1n) is 7.75. The molecule has 0 saturated carbocycles. The minimum absolute atomic E-state index is 0.0834. The fourth-order valence-corrected chi connectivity index (χ4v) is 4.17. The van der Waals surface area contributed by atoms with E-state index in [1.165, 1.54) is 0 Å². The van der Waals surface area contributed by atoms with Crippen LogP contribution in [0, 0.1) is 0 Å². The zero-order valence-corrected chi connectivity index (χ0v) is 14.9. The van der Waals surface area contributed by atoms with Gasteiger partial charge in [0.25, 0.3) is 0 Å². The van der Waals surface area contributed by atoms with Crippen molar-refractivity contribution >= 4 is 34.6 Å². The number of nitrogens with one attached hydrogen (secondary N) is 1. The predicted octanol–water partition coefficient (Wildman–Crippen LogP) is 4.28. The molecule has 2 atom stereocenters. The van der Waals surface area contributed by atoms with Crippen molar-refractivity contribution < 1.29 is 9.47 Å². The second-order valence-corrected chi connectivity index (χ2v) is 6.94. The first kappa shape index (κ1) is 15.5. The molecule has 0 aromatic heterocycles. The van der Waals surface area contributed by atoms with Crippen molar-refractivity contribution in [2.75, 3.05) is 12.0 Å². The van der Waals surface area contributed by atoms with E-state index >= 15 is 0 Å². The number of methoxy groups -OCH3 is 1. The van der Waals surface area contributed by atoms with Crippen LogP contribution in [-0.2, 0) is 0 Å². The third kappa shape index (κ3) is 2.23. The predicted molar refractivity (Wildman–Crippen MR) is 99.0 cm³/mol. The van der Waals surface area contributed by atoms with Gasteiger partial charge >= 0.3 is 0 Å². The quantitative estimate of drug-likeness (QED) is 0.808. The van der Waals surface area contributed by atoms with Crippen molar-refractivity contribution in [2.24, 2.45) is 0 Å². The Bertz CT molecular complexity index is 828. The van der Waals surface area contributed by atoms with E-state index in [9.17, 15) is 0 Å². The summed E-state index contributed by atoms with van der Waals surface area (Å²) in [6.45, 7) is 2.03. The highest BCUT2D eigenvalue weighted by Gasteiger charge is 2.49. The van der Waals surface area contributed by atoms with Crippen LogP contribution in [0.4, 0.5) is 5.69 Å². The van der Waals surface area contributed by atoms with Crippen molar-refractivity contribution in [3.05, 3.63) is 53.1 Å². The van der Waals surface area contributed by atoms with Crippen molar-refractivity contribution in [1.29, 1.82) is 0 Å². The smallest absolute Gasteiger partial charge is 0.188 e. The Morgan fingerprint density at radius 1 is 1.29 bits per heavy atom. The number of thiocarbonyl (C=S) groups is 1. The van der Waals surface area contributed by atoms with Gasteiger partial charge in [0, 0.05) is 12.0 Å². The maximum Gasteiger partial charge on any atom is 0.188 e. The molecule has 2 aliphatic rings. The van der Waals surface area contributed by atoms with E-state index in [0.29, 0.717) is 10.1 Å². The topological polar surface area (TPSA) is 33.7 Å². The fraction of sp³-hybridized carbons (Fsp3) is 0.278. The lowest BCUT2D eigenvalue weighted by Crippen LogP contribution is -2.65. The molecule has 2 aromatic carbocycles. The van der Waals surface area contributed by atoms with Crippen LogP contribution >= 0.6 is 23.8 Å². The largest absolute Gasteiger partial charge is 0.493 e.